The Morgan fingerprint density at radius 3 is 2.57 bits per heavy atom. The number of piperidine rings is 1. The van der Waals surface area contributed by atoms with Gasteiger partial charge in [0, 0.05) is 51.2 Å². The minimum absolute atomic E-state index is 0. The lowest BCUT2D eigenvalue weighted by molar-refractivity contribution is -0.128. The van der Waals surface area contributed by atoms with Gasteiger partial charge in [0.15, 0.2) is 5.96 Å². The molecule has 2 heterocycles. The second kappa shape index (κ2) is 12.5. The number of rotatable bonds is 7. The van der Waals surface area contributed by atoms with E-state index in [-0.39, 0.29) is 29.9 Å². The first-order valence-electron chi connectivity index (χ1n) is 11.2. The predicted octanol–water partition coefficient (Wildman–Crippen LogP) is 3.35. The summed E-state index contributed by atoms with van der Waals surface area (Å²) >= 11 is 0. The second-order valence-corrected chi connectivity index (χ2v) is 8.48. The van der Waals surface area contributed by atoms with Crippen molar-refractivity contribution in [2.75, 3.05) is 26.2 Å². The van der Waals surface area contributed by atoms with Gasteiger partial charge in [-0.2, -0.15) is 0 Å². The first-order valence-corrected chi connectivity index (χ1v) is 11.2. The lowest BCUT2D eigenvalue weighted by atomic mass is 10.0. The molecular formula is C23H38IN5O. The van der Waals surface area contributed by atoms with Crippen LogP contribution in [0.25, 0.3) is 0 Å². The van der Waals surface area contributed by atoms with E-state index in [1.165, 1.54) is 11.1 Å². The van der Waals surface area contributed by atoms with Crippen LogP contribution >= 0.6 is 24.0 Å². The molecule has 3 rings (SSSR count). The molecule has 0 unspecified atom stereocenters. The van der Waals surface area contributed by atoms with Gasteiger partial charge in [-0.1, -0.05) is 24.3 Å². The van der Waals surface area contributed by atoms with Crippen LogP contribution in [0.15, 0.2) is 29.3 Å². The van der Waals surface area contributed by atoms with Gasteiger partial charge in [-0.15, -0.1) is 24.0 Å². The summed E-state index contributed by atoms with van der Waals surface area (Å²) in [5.41, 5.74) is 2.37. The Morgan fingerprint density at radius 1 is 1.20 bits per heavy atom. The maximum atomic E-state index is 11.9. The minimum Gasteiger partial charge on any atom is -0.357 e. The van der Waals surface area contributed by atoms with Crippen molar-refractivity contribution in [1.29, 1.82) is 0 Å². The van der Waals surface area contributed by atoms with E-state index in [0.717, 1.165) is 51.4 Å². The highest BCUT2D eigenvalue weighted by atomic mass is 127. The number of halogens is 1. The SMILES string of the molecule is CCNC(=NCc1cccc(CN2CCCC2=O)c1)NC1CCN(C(C)C)CC1.I. The molecule has 30 heavy (non-hydrogen) atoms. The van der Waals surface area contributed by atoms with Gasteiger partial charge in [-0.05, 0) is 51.2 Å². The Bertz CT molecular complexity index is 701. The molecule has 0 aliphatic carbocycles. The maximum Gasteiger partial charge on any atom is 0.222 e. The summed E-state index contributed by atoms with van der Waals surface area (Å²) < 4.78 is 0. The lowest BCUT2D eigenvalue weighted by Gasteiger charge is -2.35. The molecule has 7 heteroatoms. The Labute approximate surface area is 198 Å². The van der Waals surface area contributed by atoms with E-state index in [4.69, 9.17) is 4.99 Å². The molecule has 2 N–H and O–H groups in total. The van der Waals surface area contributed by atoms with Crippen LogP contribution in [-0.4, -0.2) is 59.9 Å². The van der Waals surface area contributed by atoms with E-state index < -0.39 is 0 Å². The fraction of sp³-hybridized carbons (Fsp3) is 0.652. The summed E-state index contributed by atoms with van der Waals surface area (Å²) in [4.78, 5) is 21.2. The standard InChI is InChI=1S/C23H37N5O.HI/c1-4-24-23(26-21-10-13-27(14-11-21)18(2)3)25-16-19-7-5-8-20(15-19)17-28-12-6-9-22(28)29;/h5,7-8,15,18,21H,4,6,9-14,16-17H2,1-3H3,(H2,24,25,26);1H. The molecule has 2 aliphatic rings. The van der Waals surface area contributed by atoms with Gasteiger partial charge in [-0.25, -0.2) is 4.99 Å². The van der Waals surface area contributed by atoms with Crippen molar-refractivity contribution in [3.05, 3.63) is 35.4 Å². The van der Waals surface area contributed by atoms with Crippen LogP contribution in [0.2, 0.25) is 0 Å². The summed E-state index contributed by atoms with van der Waals surface area (Å²) in [6, 6.07) is 9.58. The number of amides is 1. The Balaban J connectivity index is 0.00000320. The molecule has 0 atom stereocenters. The normalized spacial score (nSPS) is 18.6. The number of likely N-dealkylation sites (tertiary alicyclic amines) is 2. The molecule has 1 aromatic rings. The number of guanidine groups is 1. The maximum absolute atomic E-state index is 11.9. The molecule has 0 spiro atoms. The number of hydrogen-bond donors (Lipinski definition) is 2. The molecule has 1 amide bonds. The summed E-state index contributed by atoms with van der Waals surface area (Å²) in [5.74, 6) is 1.17. The van der Waals surface area contributed by atoms with Crippen LogP contribution in [0, 0.1) is 0 Å². The van der Waals surface area contributed by atoms with Crippen LogP contribution in [0.5, 0.6) is 0 Å². The van der Waals surface area contributed by atoms with Gasteiger partial charge in [-0.3, -0.25) is 4.79 Å². The van der Waals surface area contributed by atoms with Crippen molar-refractivity contribution < 1.29 is 4.79 Å². The average molecular weight is 527 g/mol. The fourth-order valence-corrected chi connectivity index (χ4v) is 4.16. The molecule has 0 bridgehead atoms. The topological polar surface area (TPSA) is 60.0 Å². The van der Waals surface area contributed by atoms with Gasteiger partial charge in [0.2, 0.25) is 5.91 Å². The highest BCUT2D eigenvalue weighted by molar-refractivity contribution is 14.0. The minimum atomic E-state index is 0. The molecule has 0 aromatic heterocycles. The number of aliphatic imine (C=N–C) groups is 1. The lowest BCUT2D eigenvalue weighted by Crippen LogP contribution is -2.49. The second-order valence-electron chi connectivity index (χ2n) is 8.48. The van der Waals surface area contributed by atoms with Gasteiger partial charge < -0.3 is 20.4 Å². The molecule has 2 saturated heterocycles. The quantitative estimate of drug-likeness (QED) is 0.325. The number of nitrogens with one attached hydrogen (secondary N) is 2. The zero-order chi connectivity index (χ0) is 20.6. The molecule has 0 saturated carbocycles. The third kappa shape index (κ3) is 7.41. The van der Waals surface area contributed by atoms with Gasteiger partial charge in [0.25, 0.3) is 0 Å². The van der Waals surface area contributed by atoms with E-state index in [1.807, 2.05) is 4.90 Å². The smallest absolute Gasteiger partial charge is 0.222 e. The van der Waals surface area contributed by atoms with E-state index in [2.05, 4.69) is 60.6 Å². The molecular weight excluding hydrogens is 489 g/mol. The summed E-state index contributed by atoms with van der Waals surface area (Å²) in [7, 11) is 0. The van der Waals surface area contributed by atoms with E-state index in [1.54, 1.807) is 0 Å². The summed E-state index contributed by atoms with van der Waals surface area (Å²) in [6.45, 7) is 12.0. The van der Waals surface area contributed by atoms with E-state index in [9.17, 15) is 4.79 Å². The Hall–Kier alpha value is -1.35. The third-order valence-electron chi connectivity index (χ3n) is 5.90. The van der Waals surface area contributed by atoms with E-state index in [0.29, 0.717) is 31.6 Å². The van der Waals surface area contributed by atoms with Crippen LogP contribution < -0.4 is 10.6 Å². The number of nitrogens with zero attached hydrogens (tertiary/aromatic N) is 3. The number of benzene rings is 1. The van der Waals surface area contributed by atoms with Crippen LogP contribution in [0.1, 0.15) is 57.6 Å². The van der Waals surface area contributed by atoms with Gasteiger partial charge in [0.05, 0.1) is 6.54 Å². The third-order valence-corrected chi connectivity index (χ3v) is 5.90. The molecule has 168 valence electrons. The molecule has 2 aliphatic heterocycles. The molecule has 0 radical (unpaired) electrons. The Morgan fingerprint density at radius 2 is 1.93 bits per heavy atom. The van der Waals surface area contributed by atoms with Crippen molar-refractivity contribution in [3.63, 3.8) is 0 Å². The van der Waals surface area contributed by atoms with Crippen molar-refractivity contribution in [2.45, 2.75) is 71.6 Å². The van der Waals surface area contributed by atoms with E-state index >= 15 is 0 Å². The van der Waals surface area contributed by atoms with Crippen LogP contribution in [0.4, 0.5) is 0 Å². The first kappa shape index (κ1) is 24.9. The summed E-state index contributed by atoms with van der Waals surface area (Å²) in [5, 5.41) is 7.01. The fourth-order valence-electron chi connectivity index (χ4n) is 4.16. The van der Waals surface area contributed by atoms with Crippen molar-refractivity contribution in [2.24, 2.45) is 4.99 Å². The van der Waals surface area contributed by atoms with Crippen molar-refractivity contribution >= 4 is 35.8 Å². The Kier molecular flexibility index (Phi) is 10.4. The number of carbonyl (C=O) groups excluding carboxylic acids is 1. The first-order chi connectivity index (χ1) is 14.0. The van der Waals surface area contributed by atoms with Crippen molar-refractivity contribution in [1.82, 2.24) is 20.4 Å². The summed E-state index contributed by atoms with van der Waals surface area (Å²) in [6.07, 6.45) is 3.98. The number of hydrogen-bond acceptors (Lipinski definition) is 3. The average Bonchev–Trinajstić information content (AvgIpc) is 3.11. The molecule has 1 aromatic carbocycles. The molecule has 2 fully saturated rings. The largest absolute Gasteiger partial charge is 0.357 e. The van der Waals surface area contributed by atoms with Gasteiger partial charge >= 0.3 is 0 Å². The number of carbonyl (C=O) groups is 1. The van der Waals surface area contributed by atoms with Crippen LogP contribution in [-0.2, 0) is 17.9 Å². The van der Waals surface area contributed by atoms with Gasteiger partial charge in [0.1, 0.15) is 0 Å². The monoisotopic (exact) mass is 527 g/mol. The highest BCUT2D eigenvalue weighted by Crippen LogP contribution is 2.16. The zero-order valence-electron chi connectivity index (χ0n) is 18.7. The predicted molar refractivity (Wildman–Crippen MR) is 134 cm³/mol. The molecule has 6 nitrogen and oxygen atoms in total. The zero-order valence-corrected chi connectivity index (χ0v) is 21.0. The van der Waals surface area contributed by atoms with Crippen LogP contribution in [0.3, 0.4) is 0 Å². The van der Waals surface area contributed by atoms with Crippen molar-refractivity contribution in [3.8, 4) is 0 Å². The highest BCUT2D eigenvalue weighted by Gasteiger charge is 2.22.